The number of hydrogen-bond acceptors (Lipinski definition) is 1. The van der Waals surface area contributed by atoms with Crippen LogP contribution in [0.5, 0.6) is 0 Å². The molecule has 2 fully saturated rings. The normalized spacial score (nSPS) is 21.0. The molecule has 2 aliphatic rings. The maximum absolute atomic E-state index is 13.3. The number of likely N-dealkylation sites (tertiary alicyclic amines) is 1. The van der Waals surface area contributed by atoms with Gasteiger partial charge in [0.15, 0.2) is 5.54 Å². The number of nitrogens with zero attached hydrogens (tertiary/aromatic N) is 1. The molecule has 0 bridgehead atoms. The summed E-state index contributed by atoms with van der Waals surface area (Å²) in [5.41, 5.74) is 2.84. The van der Waals surface area contributed by atoms with Crippen LogP contribution in [0, 0.1) is 13.8 Å². The van der Waals surface area contributed by atoms with Crippen LogP contribution >= 0.6 is 11.6 Å². The van der Waals surface area contributed by atoms with Gasteiger partial charge >= 0.3 is 0 Å². The molecule has 0 spiro atoms. The molecule has 1 saturated heterocycles. The fourth-order valence-corrected chi connectivity index (χ4v) is 5.04. The van der Waals surface area contributed by atoms with Crippen molar-refractivity contribution in [2.75, 3.05) is 25.0 Å². The Kier molecular flexibility index (Phi) is 7.15. The maximum Gasteiger partial charge on any atom is 0.285 e. The fourth-order valence-electron chi connectivity index (χ4n) is 4.71. The number of amides is 1. The number of hydrogen-bond donors (Lipinski definition) is 1. The van der Waals surface area contributed by atoms with Gasteiger partial charge in [0.1, 0.15) is 0 Å². The van der Waals surface area contributed by atoms with Crippen molar-refractivity contribution < 1.29 is 42.0 Å². The van der Waals surface area contributed by atoms with Crippen molar-refractivity contribution in [3.8, 4) is 0 Å². The topological polar surface area (TPSA) is 29.1 Å². The van der Waals surface area contributed by atoms with Crippen molar-refractivity contribution >= 4 is 23.2 Å². The van der Waals surface area contributed by atoms with Gasteiger partial charge in [0.05, 0.1) is 19.6 Å². The average Bonchev–Trinajstić information content (AvgIpc) is 3.34. The van der Waals surface area contributed by atoms with Crippen LogP contribution in [0.15, 0.2) is 12.1 Å². The number of halogens is 1. The van der Waals surface area contributed by atoms with Crippen molar-refractivity contribution in [3.05, 3.63) is 28.3 Å². The third-order valence-electron chi connectivity index (χ3n) is 6.32. The van der Waals surface area contributed by atoms with Crippen molar-refractivity contribution in [2.24, 2.45) is 0 Å². The summed E-state index contributed by atoms with van der Waals surface area (Å²) in [6.07, 6.45) is 7.18. The smallest absolute Gasteiger partial charge is 0.285 e. The van der Waals surface area contributed by atoms with E-state index in [0.717, 1.165) is 58.8 Å². The minimum absolute atomic E-state index is 0. The van der Waals surface area contributed by atoms with Crippen molar-refractivity contribution in [2.45, 2.75) is 64.8 Å². The Morgan fingerprint density at radius 3 is 2.08 bits per heavy atom. The number of aryl methyl sites for hydroxylation is 2. The van der Waals surface area contributed by atoms with Crippen molar-refractivity contribution in [1.29, 1.82) is 0 Å². The van der Waals surface area contributed by atoms with E-state index in [2.05, 4.69) is 12.2 Å². The Balaban J connectivity index is 0.00000225. The van der Waals surface area contributed by atoms with E-state index in [9.17, 15) is 4.79 Å². The Labute approximate surface area is 182 Å². The summed E-state index contributed by atoms with van der Waals surface area (Å²) in [6, 6.07) is 3.86. The molecule has 135 valence electrons. The van der Waals surface area contributed by atoms with Gasteiger partial charge in [0, 0.05) is 56.3 Å². The van der Waals surface area contributed by atoms with Gasteiger partial charge in [-0.15, -0.1) is 0 Å². The standard InChI is InChI=1S/C20H29ClN2O.Y/c1-4-23(11-7-5-6-8-12-23)20(9-10-20)19(24)22-18-15(2)13-17(21)14-16(18)3;/h13-14H,4-12H2,1-3H3;/p+1. The van der Waals surface area contributed by atoms with E-state index in [1.807, 2.05) is 26.0 Å². The van der Waals surface area contributed by atoms with Crippen molar-refractivity contribution in [3.63, 3.8) is 0 Å². The minimum Gasteiger partial charge on any atom is -0.320 e. The monoisotopic (exact) mass is 438 g/mol. The Bertz CT molecular complexity index is 612. The van der Waals surface area contributed by atoms with Gasteiger partial charge in [-0.05, 0) is 69.7 Å². The summed E-state index contributed by atoms with van der Waals surface area (Å²) < 4.78 is 0.991. The number of carbonyl (C=O) groups is 1. The van der Waals surface area contributed by atoms with E-state index in [-0.39, 0.29) is 44.2 Å². The van der Waals surface area contributed by atoms with Gasteiger partial charge in [-0.3, -0.25) is 4.79 Å². The molecule has 0 aromatic heterocycles. The molecule has 5 heteroatoms. The van der Waals surface area contributed by atoms with E-state index in [1.54, 1.807) is 0 Å². The van der Waals surface area contributed by atoms with Gasteiger partial charge in [0.25, 0.3) is 5.91 Å². The molecule has 25 heavy (non-hydrogen) atoms. The van der Waals surface area contributed by atoms with Gasteiger partial charge in [-0.2, -0.15) is 0 Å². The molecule has 0 atom stereocenters. The average molecular weight is 439 g/mol. The molecule has 1 amide bonds. The first kappa shape index (κ1) is 21.3. The van der Waals surface area contributed by atoms with Crippen LogP contribution in [0.3, 0.4) is 0 Å². The number of nitrogens with one attached hydrogen (secondary N) is 1. The molecule has 1 radical (unpaired) electrons. The number of likely N-dealkylation sites (N-methyl/N-ethyl adjacent to an activating group) is 1. The first-order valence-electron chi connectivity index (χ1n) is 9.38. The molecule has 1 saturated carbocycles. The second-order valence-corrected chi connectivity index (χ2v) is 8.16. The zero-order chi connectivity index (χ0) is 17.4. The minimum atomic E-state index is -0.197. The molecular formula is C20H30ClN2OY+. The molecule has 1 heterocycles. The summed E-state index contributed by atoms with van der Waals surface area (Å²) in [4.78, 5) is 13.3. The third kappa shape index (κ3) is 4.00. The van der Waals surface area contributed by atoms with Crippen LogP contribution in [0.25, 0.3) is 0 Å². The van der Waals surface area contributed by atoms with Crippen molar-refractivity contribution in [1.82, 2.24) is 0 Å². The predicted molar refractivity (Wildman–Crippen MR) is 101 cm³/mol. The molecule has 1 aliphatic heterocycles. The number of anilines is 1. The molecule has 1 aromatic rings. The molecule has 3 nitrogen and oxygen atoms in total. The van der Waals surface area contributed by atoms with Gasteiger partial charge in [-0.1, -0.05) is 11.6 Å². The Hall–Kier alpha value is 0.0439. The maximum atomic E-state index is 13.3. The van der Waals surface area contributed by atoms with E-state index in [4.69, 9.17) is 11.6 Å². The van der Waals surface area contributed by atoms with Gasteiger partial charge < -0.3 is 9.80 Å². The molecule has 1 aliphatic carbocycles. The number of benzene rings is 1. The summed E-state index contributed by atoms with van der Waals surface area (Å²) in [5, 5.41) is 4.00. The van der Waals surface area contributed by atoms with Crippen LogP contribution in [0.1, 0.15) is 56.6 Å². The molecule has 3 rings (SSSR count). The second kappa shape index (κ2) is 8.38. The first-order valence-corrected chi connectivity index (χ1v) is 9.76. The summed E-state index contributed by atoms with van der Waals surface area (Å²) in [5.74, 6) is 0.222. The molecule has 1 aromatic carbocycles. The van der Waals surface area contributed by atoms with Gasteiger partial charge in [0.2, 0.25) is 0 Å². The third-order valence-corrected chi connectivity index (χ3v) is 6.54. The summed E-state index contributed by atoms with van der Waals surface area (Å²) in [6.45, 7) is 9.67. The largest absolute Gasteiger partial charge is 0.320 e. The first-order chi connectivity index (χ1) is 11.4. The predicted octanol–water partition coefficient (Wildman–Crippen LogP) is 4.84. The molecule has 1 N–H and O–H groups in total. The molecular weight excluding hydrogens is 409 g/mol. The number of rotatable bonds is 4. The quantitative estimate of drug-likeness (QED) is 0.670. The zero-order valence-electron chi connectivity index (χ0n) is 15.8. The van der Waals surface area contributed by atoms with Crippen LogP contribution in [0.4, 0.5) is 5.69 Å². The van der Waals surface area contributed by atoms with E-state index < -0.39 is 0 Å². The van der Waals surface area contributed by atoms with Crippen LogP contribution in [0.2, 0.25) is 5.02 Å². The van der Waals surface area contributed by atoms with Gasteiger partial charge in [-0.25, -0.2) is 0 Å². The fraction of sp³-hybridized carbons (Fsp3) is 0.650. The SMILES string of the molecule is CC[N+]1(C2(C(=O)Nc3c(C)cc(Cl)cc3C)CC2)CCCCCC1.[Y]. The summed E-state index contributed by atoms with van der Waals surface area (Å²) >= 11 is 6.13. The van der Waals surface area contributed by atoms with Crippen LogP contribution in [-0.4, -0.2) is 35.6 Å². The Morgan fingerprint density at radius 2 is 1.64 bits per heavy atom. The van der Waals surface area contributed by atoms with E-state index >= 15 is 0 Å². The number of carbonyl (C=O) groups excluding carboxylic acids is 1. The molecule has 0 unspecified atom stereocenters. The van der Waals surface area contributed by atoms with Crippen LogP contribution in [-0.2, 0) is 37.5 Å². The van der Waals surface area contributed by atoms with Crippen LogP contribution < -0.4 is 5.32 Å². The Morgan fingerprint density at radius 1 is 1.12 bits per heavy atom. The number of quaternary nitrogens is 1. The van der Waals surface area contributed by atoms with E-state index in [1.165, 1.54) is 25.7 Å². The van der Waals surface area contributed by atoms with E-state index in [0.29, 0.717) is 0 Å². The summed E-state index contributed by atoms with van der Waals surface area (Å²) in [7, 11) is 0. The zero-order valence-corrected chi connectivity index (χ0v) is 19.4. The second-order valence-electron chi connectivity index (χ2n) is 7.72.